The minimum absolute atomic E-state index is 0.262. The van der Waals surface area contributed by atoms with Gasteiger partial charge in [-0.05, 0) is 5.92 Å². The van der Waals surface area contributed by atoms with Gasteiger partial charge in [0.2, 0.25) is 0 Å². The van der Waals surface area contributed by atoms with Gasteiger partial charge in [-0.3, -0.25) is 0 Å². The highest BCUT2D eigenvalue weighted by molar-refractivity contribution is 7.49. The second-order valence-electron chi connectivity index (χ2n) is 2.30. The molecule has 5 heteroatoms. The smallest absolute Gasteiger partial charge is 0.313 e. The van der Waals surface area contributed by atoms with Crippen molar-refractivity contribution in [1.82, 2.24) is 5.09 Å². The van der Waals surface area contributed by atoms with Crippen LogP contribution in [0.4, 0.5) is 0 Å². The van der Waals surface area contributed by atoms with Crippen molar-refractivity contribution in [3.63, 3.8) is 0 Å². The molecular formula is C4H12NO3P. The molecule has 0 saturated heterocycles. The molecule has 9 heavy (non-hydrogen) atoms. The average molecular weight is 153 g/mol. The monoisotopic (exact) mass is 153 g/mol. The summed E-state index contributed by atoms with van der Waals surface area (Å²) in [5, 5.41) is 2.09. The highest BCUT2D eigenvalue weighted by Crippen LogP contribution is 2.27. The maximum absolute atomic E-state index is 10.1. The largest absolute Gasteiger partial charge is 0.400 e. The third-order valence-corrected chi connectivity index (χ3v) is 1.30. The van der Waals surface area contributed by atoms with Gasteiger partial charge in [0, 0.05) is 6.54 Å². The molecule has 4 nitrogen and oxygen atoms in total. The molecule has 0 aromatic carbocycles. The topological polar surface area (TPSA) is 69.6 Å². The van der Waals surface area contributed by atoms with E-state index in [0.717, 1.165) is 0 Å². The van der Waals surface area contributed by atoms with Gasteiger partial charge >= 0.3 is 7.75 Å². The van der Waals surface area contributed by atoms with Crippen LogP contribution in [0, 0.1) is 5.92 Å². The molecule has 0 bridgehead atoms. The summed E-state index contributed by atoms with van der Waals surface area (Å²) in [6.07, 6.45) is 0. The maximum atomic E-state index is 10.1. The summed E-state index contributed by atoms with van der Waals surface area (Å²) in [5.41, 5.74) is 0. The zero-order valence-electron chi connectivity index (χ0n) is 5.53. The molecule has 0 saturated carbocycles. The van der Waals surface area contributed by atoms with Crippen LogP contribution in [0.15, 0.2) is 0 Å². The van der Waals surface area contributed by atoms with E-state index in [2.05, 4.69) is 5.09 Å². The lowest BCUT2D eigenvalue weighted by Gasteiger charge is -2.07. The Morgan fingerprint density at radius 2 is 2.00 bits per heavy atom. The van der Waals surface area contributed by atoms with E-state index in [0.29, 0.717) is 6.54 Å². The van der Waals surface area contributed by atoms with Gasteiger partial charge in [0.1, 0.15) is 0 Å². The third kappa shape index (κ3) is 8.11. The van der Waals surface area contributed by atoms with E-state index in [1.807, 2.05) is 13.8 Å². The lowest BCUT2D eigenvalue weighted by molar-refractivity contribution is 0.353. The van der Waals surface area contributed by atoms with Crippen LogP contribution in [-0.2, 0) is 4.57 Å². The molecular weight excluding hydrogens is 141 g/mol. The lowest BCUT2D eigenvalue weighted by Crippen LogP contribution is -2.15. The van der Waals surface area contributed by atoms with Crippen molar-refractivity contribution in [3.8, 4) is 0 Å². The zero-order valence-corrected chi connectivity index (χ0v) is 6.43. The van der Waals surface area contributed by atoms with Crippen LogP contribution >= 0.6 is 7.75 Å². The van der Waals surface area contributed by atoms with E-state index in [-0.39, 0.29) is 5.92 Å². The lowest BCUT2D eigenvalue weighted by atomic mass is 10.2. The van der Waals surface area contributed by atoms with Crippen molar-refractivity contribution in [1.29, 1.82) is 0 Å². The molecule has 0 atom stereocenters. The molecule has 56 valence electrons. The second kappa shape index (κ2) is 3.32. The molecule has 0 aliphatic rings. The Hall–Kier alpha value is 0.110. The first-order valence-corrected chi connectivity index (χ1v) is 4.34. The van der Waals surface area contributed by atoms with Crippen molar-refractivity contribution in [2.24, 2.45) is 5.92 Å². The molecule has 0 unspecified atom stereocenters. The predicted octanol–water partition coefficient (Wildman–Crippen LogP) is 0.325. The quantitative estimate of drug-likeness (QED) is 0.511. The van der Waals surface area contributed by atoms with E-state index >= 15 is 0 Å². The maximum Gasteiger partial charge on any atom is 0.400 e. The van der Waals surface area contributed by atoms with Crippen LogP contribution in [-0.4, -0.2) is 16.3 Å². The predicted molar refractivity (Wildman–Crippen MR) is 34.9 cm³/mol. The fourth-order valence-electron chi connectivity index (χ4n) is 0.301. The van der Waals surface area contributed by atoms with Crippen LogP contribution in [0.2, 0.25) is 0 Å². The molecule has 0 aliphatic heterocycles. The Labute approximate surface area is 54.5 Å². The van der Waals surface area contributed by atoms with E-state index in [4.69, 9.17) is 9.79 Å². The summed E-state index contributed by atoms with van der Waals surface area (Å²) >= 11 is 0. The number of hydrogen-bond donors (Lipinski definition) is 3. The summed E-state index contributed by atoms with van der Waals surface area (Å²) in [6, 6.07) is 0. The average Bonchev–Trinajstić information content (AvgIpc) is 1.59. The van der Waals surface area contributed by atoms with Gasteiger partial charge in [-0.1, -0.05) is 13.8 Å². The second-order valence-corrected chi connectivity index (χ2v) is 3.70. The van der Waals surface area contributed by atoms with E-state index in [1.165, 1.54) is 0 Å². The van der Waals surface area contributed by atoms with Crippen LogP contribution in [0.3, 0.4) is 0 Å². The molecule has 0 aliphatic carbocycles. The molecule has 0 rings (SSSR count). The van der Waals surface area contributed by atoms with Gasteiger partial charge in [0.25, 0.3) is 0 Å². The molecule has 0 aromatic heterocycles. The van der Waals surface area contributed by atoms with Crippen LogP contribution in [0.1, 0.15) is 13.8 Å². The first kappa shape index (κ1) is 9.11. The first-order chi connectivity index (χ1) is 3.92. The van der Waals surface area contributed by atoms with Gasteiger partial charge < -0.3 is 9.79 Å². The Bertz CT molecular complexity index is 119. The van der Waals surface area contributed by atoms with Gasteiger partial charge in [-0.25, -0.2) is 9.65 Å². The van der Waals surface area contributed by atoms with Gasteiger partial charge in [0.15, 0.2) is 0 Å². The van der Waals surface area contributed by atoms with Gasteiger partial charge in [-0.2, -0.15) is 0 Å². The molecule has 0 radical (unpaired) electrons. The summed E-state index contributed by atoms with van der Waals surface area (Å²) in [5.74, 6) is 0.262. The van der Waals surface area contributed by atoms with Crippen molar-refractivity contribution in [2.45, 2.75) is 13.8 Å². The minimum Gasteiger partial charge on any atom is -0.313 e. The molecule has 0 heterocycles. The van der Waals surface area contributed by atoms with E-state index in [9.17, 15) is 4.57 Å². The Kier molecular flexibility index (Phi) is 3.36. The first-order valence-electron chi connectivity index (χ1n) is 2.72. The van der Waals surface area contributed by atoms with Crippen LogP contribution < -0.4 is 5.09 Å². The van der Waals surface area contributed by atoms with Gasteiger partial charge in [0.05, 0.1) is 0 Å². The summed E-state index contributed by atoms with van der Waals surface area (Å²) < 4.78 is 10.1. The minimum atomic E-state index is -3.97. The van der Waals surface area contributed by atoms with Crippen LogP contribution in [0.25, 0.3) is 0 Å². The third-order valence-electron chi connectivity index (χ3n) is 0.706. The fourth-order valence-corrected chi connectivity index (χ4v) is 0.904. The number of nitrogens with one attached hydrogen (secondary N) is 1. The Balaban J connectivity index is 3.40. The zero-order chi connectivity index (χ0) is 7.49. The molecule has 0 aromatic rings. The molecule has 3 N–H and O–H groups in total. The molecule has 0 amide bonds. The van der Waals surface area contributed by atoms with Crippen molar-refractivity contribution < 1.29 is 14.4 Å². The molecule has 0 fully saturated rings. The highest BCUT2D eigenvalue weighted by Gasteiger charge is 2.10. The van der Waals surface area contributed by atoms with E-state index < -0.39 is 7.75 Å². The SMILES string of the molecule is CC(C)CNP(=O)(O)O. The standard InChI is InChI=1S/C4H12NO3P/c1-4(2)3-5-9(6,7)8/h4H,3H2,1-2H3,(H3,5,6,7,8). The highest BCUT2D eigenvalue weighted by atomic mass is 31.2. The fraction of sp³-hybridized carbons (Fsp3) is 1.00. The van der Waals surface area contributed by atoms with Crippen molar-refractivity contribution in [3.05, 3.63) is 0 Å². The Morgan fingerprint density at radius 1 is 1.56 bits per heavy atom. The summed E-state index contributed by atoms with van der Waals surface area (Å²) in [7, 11) is -3.97. The molecule has 0 spiro atoms. The number of hydrogen-bond acceptors (Lipinski definition) is 1. The van der Waals surface area contributed by atoms with Crippen molar-refractivity contribution in [2.75, 3.05) is 6.54 Å². The van der Waals surface area contributed by atoms with E-state index in [1.54, 1.807) is 0 Å². The Morgan fingerprint density at radius 3 is 2.11 bits per heavy atom. The summed E-state index contributed by atoms with van der Waals surface area (Å²) in [6.45, 7) is 4.11. The normalized spacial score (nSPS) is 12.6. The van der Waals surface area contributed by atoms with Gasteiger partial charge in [-0.15, -0.1) is 0 Å². The van der Waals surface area contributed by atoms with Crippen molar-refractivity contribution >= 4 is 7.75 Å². The van der Waals surface area contributed by atoms with Crippen LogP contribution in [0.5, 0.6) is 0 Å². The number of rotatable bonds is 3. The summed E-state index contributed by atoms with van der Waals surface area (Å²) in [4.78, 5) is 16.5.